The zero-order valence-corrected chi connectivity index (χ0v) is 19.2. The van der Waals surface area contributed by atoms with Gasteiger partial charge in [-0.2, -0.15) is 0 Å². The third-order valence-corrected chi connectivity index (χ3v) is 6.45. The maximum Gasteiger partial charge on any atom is 0.303 e. The van der Waals surface area contributed by atoms with Crippen LogP contribution in [0.4, 0.5) is 0 Å². The number of hydrogen-bond donors (Lipinski definition) is 2. The van der Waals surface area contributed by atoms with E-state index in [4.69, 9.17) is 5.11 Å². The number of rotatable bonds is 21. The van der Waals surface area contributed by atoms with Crippen LogP contribution in [-0.4, -0.2) is 31.2 Å². The SMILES string of the molecule is CCCCCCCCCCCCCCCCCC(=O)NS(=O)(=O)CCCC(=O)O. The minimum absolute atomic E-state index is 0.0108. The number of hydrogen-bond acceptors (Lipinski definition) is 4. The van der Waals surface area contributed by atoms with Gasteiger partial charge in [0.15, 0.2) is 0 Å². The van der Waals surface area contributed by atoms with Crippen molar-refractivity contribution in [1.82, 2.24) is 4.72 Å². The standard InChI is InChI=1S/C22H43NO5S/c1-2-3-4-5-6-7-8-9-10-11-12-13-14-15-16-18-21(24)23-29(27,28)20-17-19-22(25)26/h2-20H2,1H3,(H,23,24)(H,25,26). The van der Waals surface area contributed by atoms with Gasteiger partial charge in [0, 0.05) is 12.8 Å². The van der Waals surface area contributed by atoms with Gasteiger partial charge in [0.2, 0.25) is 15.9 Å². The molecule has 0 spiro atoms. The average Bonchev–Trinajstić information content (AvgIpc) is 2.64. The Bertz CT molecular complexity index is 519. The molecular weight excluding hydrogens is 390 g/mol. The molecule has 0 unspecified atom stereocenters. The Morgan fingerprint density at radius 2 is 1.07 bits per heavy atom. The summed E-state index contributed by atoms with van der Waals surface area (Å²) in [4.78, 5) is 22.1. The number of carbonyl (C=O) groups excluding carboxylic acids is 1. The first-order valence-electron chi connectivity index (χ1n) is 11.6. The van der Waals surface area contributed by atoms with Crippen LogP contribution in [0.2, 0.25) is 0 Å². The van der Waals surface area contributed by atoms with E-state index < -0.39 is 21.9 Å². The number of unbranched alkanes of at least 4 members (excludes halogenated alkanes) is 14. The number of sulfonamides is 1. The number of carboxylic acid groups (broad SMARTS) is 1. The van der Waals surface area contributed by atoms with Gasteiger partial charge in [0.1, 0.15) is 0 Å². The molecule has 0 heterocycles. The quantitative estimate of drug-likeness (QED) is 0.231. The normalized spacial score (nSPS) is 11.5. The van der Waals surface area contributed by atoms with Gasteiger partial charge in [-0.15, -0.1) is 0 Å². The van der Waals surface area contributed by atoms with E-state index in [2.05, 4.69) is 6.92 Å². The third kappa shape index (κ3) is 21.4. The van der Waals surface area contributed by atoms with E-state index in [9.17, 15) is 18.0 Å². The molecule has 0 aliphatic rings. The van der Waals surface area contributed by atoms with Crippen molar-refractivity contribution in [1.29, 1.82) is 0 Å². The molecule has 0 rings (SSSR count). The monoisotopic (exact) mass is 433 g/mol. The molecule has 2 N–H and O–H groups in total. The third-order valence-electron chi connectivity index (χ3n) is 5.08. The second kappa shape index (κ2) is 18.9. The lowest BCUT2D eigenvalue weighted by Crippen LogP contribution is -2.32. The summed E-state index contributed by atoms with van der Waals surface area (Å²) >= 11 is 0. The largest absolute Gasteiger partial charge is 0.481 e. The van der Waals surface area contributed by atoms with Crippen molar-refractivity contribution in [3.05, 3.63) is 0 Å². The van der Waals surface area contributed by atoms with Crippen molar-refractivity contribution in [2.75, 3.05) is 5.75 Å². The molecule has 172 valence electrons. The molecule has 0 aromatic heterocycles. The minimum Gasteiger partial charge on any atom is -0.481 e. The van der Waals surface area contributed by atoms with Crippen LogP contribution in [0.3, 0.4) is 0 Å². The number of carboxylic acids is 1. The Labute approximate surface area is 178 Å². The molecule has 0 saturated heterocycles. The lowest BCUT2D eigenvalue weighted by molar-refractivity contribution is -0.137. The molecule has 7 heteroatoms. The summed E-state index contributed by atoms with van der Waals surface area (Å²) in [5.41, 5.74) is 0. The summed E-state index contributed by atoms with van der Waals surface area (Å²) in [6.45, 7) is 2.25. The van der Waals surface area contributed by atoms with E-state index in [1.807, 2.05) is 4.72 Å². The molecule has 0 aliphatic carbocycles. The molecule has 6 nitrogen and oxygen atoms in total. The van der Waals surface area contributed by atoms with E-state index in [1.165, 1.54) is 77.0 Å². The fraction of sp³-hybridized carbons (Fsp3) is 0.909. The van der Waals surface area contributed by atoms with Crippen LogP contribution in [-0.2, 0) is 19.6 Å². The zero-order valence-electron chi connectivity index (χ0n) is 18.4. The molecule has 0 bridgehead atoms. The second-order valence-electron chi connectivity index (χ2n) is 8.04. The maximum absolute atomic E-state index is 11.7. The van der Waals surface area contributed by atoms with E-state index >= 15 is 0 Å². The highest BCUT2D eigenvalue weighted by Crippen LogP contribution is 2.13. The summed E-state index contributed by atoms with van der Waals surface area (Å²) in [5.74, 6) is -1.86. The smallest absolute Gasteiger partial charge is 0.303 e. The summed E-state index contributed by atoms with van der Waals surface area (Å²) < 4.78 is 25.3. The number of aliphatic carboxylic acids is 1. The van der Waals surface area contributed by atoms with E-state index in [1.54, 1.807) is 0 Å². The molecule has 0 atom stereocenters. The maximum atomic E-state index is 11.7. The Kier molecular flexibility index (Phi) is 18.2. The number of nitrogens with one attached hydrogen (secondary N) is 1. The molecule has 0 aliphatic heterocycles. The van der Waals surface area contributed by atoms with Crippen LogP contribution >= 0.6 is 0 Å². The van der Waals surface area contributed by atoms with Crippen molar-refractivity contribution in [3.63, 3.8) is 0 Å². The fourth-order valence-electron chi connectivity index (χ4n) is 3.35. The van der Waals surface area contributed by atoms with Crippen LogP contribution in [0.1, 0.15) is 122 Å². The van der Waals surface area contributed by atoms with E-state index in [0.717, 1.165) is 12.8 Å². The molecule has 0 saturated carbocycles. The van der Waals surface area contributed by atoms with E-state index in [-0.39, 0.29) is 25.0 Å². The highest BCUT2D eigenvalue weighted by Gasteiger charge is 2.14. The molecule has 29 heavy (non-hydrogen) atoms. The Morgan fingerprint density at radius 3 is 1.48 bits per heavy atom. The zero-order chi connectivity index (χ0) is 21.8. The summed E-state index contributed by atoms with van der Waals surface area (Å²) in [7, 11) is -3.71. The van der Waals surface area contributed by atoms with Gasteiger partial charge in [-0.05, 0) is 12.8 Å². The highest BCUT2D eigenvalue weighted by molar-refractivity contribution is 7.90. The average molecular weight is 434 g/mol. The highest BCUT2D eigenvalue weighted by atomic mass is 32.2. The number of amides is 1. The van der Waals surface area contributed by atoms with Gasteiger partial charge >= 0.3 is 5.97 Å². The van der Waals surface area contributed by atoms with Gasteiger partial charge < -0.3 is 5.11 Å². The summed E-state index contributed by atoms with van der Waals surface area (Å²) in [6.07, 6.45) is 18.6. The minimum atomic E-state index is -3.71. The summed E-state index contributed by atoms with van der Waals surface area (Å²) in [6, 6.07) is 0. The molecular formula is C22H43NO5S. The van der Waals surface area contributed by atoms with Gasteiger partial charge in [-0.25, -0.2) is 8.42 Å². The predicted molar refractivity (Wildman–Crippen MR) is 118 cm³/mol. The Balaban J connectivity index is 3.41. The van der Waals surface area contributed by atoms with Crippen molar-refractivity contribution in [2.24, 2.45) is 0 Å². The van der Waals surface area contributed by atoms with Crippen molar-refractivity contribution >= 4 is 21.9 Å². The van der Waals surface area contributed by atoms with Crippen LogP contribution in [0, 0.1) is 0 Å². The van der Waals surface area contributed by atoms with Gasteiger partial charge in [0.05, 0.1) is 5.75 Å². The first-order chi connectivity index (χ1) is 13.9. The first kappa shape index (κ1) is 27.9. The van der Waals surface area contributed by atoms with E-state index in [0.29, 0.717) is 6.42 Å². The van der Waals surface area contributed by atoms with Gasteiger partial charge in [0.25, 0.3) is 0 Å². The van der Waals surface area contributed by atoms with Gasteiger partial charge in [-0.1, -0.05) is 96.8 Å². The molecule has 0 radical (unpaired) electrons. The molecule has 0 aromatic carbocycles. The second-order valence-corrected chi connectivity index (χ2v) is 9.88. The van der Waals surface area contributed by atoms with Crippen LogP contribution in [0.15, 0.2) is 0 Å². The molecule has 0 fully saturated rings. The predicted octanol–water partition coefficient (Wildman–Crippen LogP) is 5.56. The van der Waals surface area contributed by atoms with Crippen LogP contribution in [0.5, 0.6) is 0 Å². The number of carbonyl (C=O) groups is 2. The van der Waals surface area contributed by atoms with Crippen molar-refractivity contribution in [3.8, 4) is 0 Å². The van der Waals surface area contributed by atoms with Crippen LogP contribution < -0.4 is 4.72 Å². The lowest BCUT2D eigenvalue weighted by atomic mass is 10.0. The molecule has 0 aromatic rings. The molecule has 1 amide bonds. The lowest BCUT2D eigenvalue weighted by Gasteiger charge is -2.06. The van der Waals surface area contributed by atoms with Crippen molar-refractivity contribution < 1.29 is 23.1 Å². The van der Waals surface area contributed by atoms with Gasteiger partial charge in [-0.3, -0.25) is 14.3 Å². The Hall–Kier alpha value is -1.11. The topological polar surface area (TPSA) is 101 Å². The fourth-order valence-corrected chi connectivity index (χ4v) is 4.42. The van der Waals surface area contributed by atoms with Crippen LogP contribution in [0.25, 0.3) is 0 Å². The first-order valence-corrected chi connectivity index (χ1v) is 13.3. The van der Waals surface area contributed by atoms with Crippen molar-refractivity contribution in [2.45, 2.75) is 122 Å². The summed E-state index contributed by atoms with van der Waals surface area (Å²) in [5, 5.41) is 8.51. The Morgan fingerprint density at radius 1 is 0.655 bits per heavy atom.